The van der Waals surface area contributed by atoms with Crippen LogP contribution in [0.1, 0.15) is 20.3 Å². The predicted octanol–water partition coefficient (Wildman–Crippen LogP) is 0.339. The summed E-state index contributed by atoms with van der Waals surface area (Å²) in [5.74, 6) is 0. The van der Waals surface area contributed by atoms with Gasteiger partial charge in [-0.15, -0.1) is 0 Å². The van der Waals surface area contributed by atoms with Crippen LogP contribution in [0.2, 0.25) is 0 Å². The molecule has 1 heterocycles. The van der Waals surface area contributed by atoms with E-state index in [0.29, 0.717) is 0 Å². The predicted molar refractivity (Wildman–Crippen MR) is 43.2 cm³/mol. The second-order valence-corrected chi connectivity index (χ2v) is 3.63. The highest BCUT2D eigenvalue weighted by Gasteiger charge is 2.38. The van der Waals surface area contributed by atoms with Crippen molar-refractivity contribution in [1.29, 1.82) is 0 Å². The summed E-state index contributed by atoms with van der Waals surface area (Å²) < 4.78 is 5.23. The number of rotatable bonds is 2. The van der Waals surface area contributed by atoms with Crippen molar-refractivity contribution >= 4 is 0 Å². The molecule has 3 nitrogen and oxygen atoms in total. The standard InChI is InChI=1S/C8H17NO2/c1-6(11-3)8(2)4-7(10)9-5-8/h6-7,9-10H,4-5H2,1-3H3/t6-,7-,8?/m0/s1. The Balaban J connectivity index is 2.54. The molecule has 2 N–H and O–H groups in total. The minimum Gasteiger partial charge on any atom is -0.381 e. The Labute approximate surface area is 67.7 Å². The zero-order chi connectivity index (χ0) is 8.48. The molecule has 1 rings (SSSR count). The van der Waals surface area contributed by atoms with Crippen molar-refractivity contribution in [3.8, 4) is 0 Å². The first kappa shape index (κ1) is 8.97. The van der Waals surface area contributed by atoms with Gasteiger partial charge in [0.05, 0.1) is 6.10 Å². The zero-order valence-corrected chi connectivity index (χ0v) is 7.42. The normalized spacial score (nSPS) is 40.9. The van der Waals surface area contributed by atoms with Gasteiger partial charge in [-0.05, 0) is 13.3 Å². The average Bonchev–Trinajstić information content (AvgIpc) is 2.31. The third-order valence-corrected chi connectivity index (χ3v) is 2.74. The summed E-state index contributed by atoms with van der Waals surface area (Å²) in [4.78, 5) is 0. The largest absolute Gasteiger partial charge is 0.381 e. The Hall–Kier alpha value is -0.120. The van der Waals surface area contributed by atoms with Gasteiger partial charge >= 0.3 is 0 Å². The first-order valence-electron chi connectivity index (χ1n) is 4.03. The maximum Gasteiger partial charge on any atom is 0.105 e. The van der Waals surface area contributed by atoms with Crippen LogP contribution in [-0.2, 0) is 4.74 Å². The summed E-state index contributed by atoms with van der Waals surface area (Å²) in [6.07, 6.45) is 0.631. The van der Waals surface area contributed by atoms with Crippen molar-refractivity contribution in [3.05, 3.63) is 0 Å². The Morgan fingerprint density at radius 1 is 1.73 bits per heavy atom. The van der Waals surface area contributed by atoms with Crippen LogP contribution in [0.3, 0.4) is 0 Å². The number of aliphatic hydroxyl groups excluding tert-OH is 1. The molecule has 0 aromatic heterocycles. The molecule has 0 saturated carbocycles. The molecule has 1 saturated heterocycles. The van der Waals surface area contributed by atoms with E-state index in [4.69, 9.17) is 4.74 Å². The van der Waals surface area contributed by atoms with Crippen LogP contribution in [0.4, 0.5) is 0 Å². The summed E-state index contributed by atoms with van der Waals surface area (Å²) in [7, 11) is 1.71. The molecule has 0 aliphatic carbocycles. The van der Waals surface area contributed by atoms with Crippen LogP contribution in [0.15, 0.2) is 0 Å². The lowest BCUT2D eigenvalue weighted by atomic mass is 9.84. The van der Waals surface area contributed by atoms with E-state index in [2.05, 4.69) is 12.2 Å². The quantitative estimate of drug-likeness (QED) is 0.610. The molecule has 0 spiro atoms. The molecule has 0 aromatic carbocycles. The fraction of sp³-hybridized carbons (Fsp3) is 1.00. The van der Waals surface area contributed by atoms with Crippen LogP contribution in [0.25, 0.3) is 0 Å². The fourth-order valence-electron chi connectivity index (χ4n) is 1.53. The van der Waals surface area contributed by atoms with Gasteiger partial charge in [0.1, 0.15) is 6.23 Å². The van der Waals surface area contributed by atoms with Gasteiger partial charge in [-0.2, -0.15) is 0 Å². The Morgan fingerprint density at radius 2 is 2.36 bits per heavy atom. The van der Waals surface area contributed by atoms with E-state index in [1.165, 1.54) is 0 Å². The van der Waals surface area contributed by atoms with E-state index < -0.39 is 0 Å². The minimum atomic E-state index is -0.349. The highest BCUT2D eigenvalue weighted by atomic mass is 16.5. The molecule has 1 aliphatic rings. The van der Waals surface area contributed by atoms with E-state index in [1.807, 2.05) is 6.92 Å². The number of hydrogen-bond acceptors (Lipinski definition) is 3. The molecule has 0 radical (unpaired) electrons. The van der Waals surface area contributed by atoms with Crippen molar-refractivity contribution in [3.63, 3.8) is 0 Å². The van der Waals surface area contributed by atoms with Gasteiger partial charge < -0.3 is 9.84 Å². The number of nitrogens with one attached hydrogen (secondary N) is 1. The highest BCUT2D eigenvalue weighted by molar-refractivity contribution is 4.90. The molecule has 3 heteroatoms. The molecule has 0 amide bonds. The van der Waals surface area contributed by atoms with Gasteiger partial charge in [0.25, 0.3) is 0 Å². The number of hydrogen-bond donors (Lipinski definition) is 2. The van der Waals surface area contributed by atoms with Crippen molar-refractivity contribution in [2.75, 3.05) is 13.7 Å². The molecule has 11 heavy (non-hydrogen) atoms. The van der Waals surface area contributed by atoms with Crippen molar-refractivity contribution in [1.82, 2.24) is 5.32 Å². The van der Waals surface area contributed by atoms with Crippen molar-refractivity contribution < 1.29 is 9.84 Å². The third-order valence-electron chi connectivity index (χ3n) is 2.74. The molecular weight excluding hydrogens is 142 g/mol. The molecule has 0 bridgehead atoms. The Kier molecular flexibility index (Phi) is 2.52. The van der Waals surface area contributed by atoms with Crippen LogP contribution in [-0.4, -0.2) is 31.1 Å². The fourth-order valence-corrected chi connectivity index (χ4v) is 1.53. The topological polar surface area (TPSA) is 41.5 Å². The van der Waals surface area contributed by atoms with Gasteiger partial charge in [-0.25, -0.2) is 0 Å². The summed E-state index contributed by atoms with van der Waals surface area (Å²) in [6.45, 7) is 5.01. The Morgan fingerprint density at radius 3 is 2.73 bits per heavy atom. The monoisotopic (exact) mass is 159 g/mol. The first-order valence-corrected chi connectivity index (χ1v) is 4.03. The van der Waals surface area contributed by atoms with Crippen LogP contribution >= 0.6 is 0 Å². The lowest BCUT2D eigenvalue weighted by molar-refractivity contribution is 0.0130. The van der Waals surface area contributed by atoms with Gasteiger partial charge in [0.2, 0.25) is 0 Å². The minimum absolute atomic E-state index is 0.0914. The van der Waals surface area contributed by atoms with Crippen molar-refractivity contribution in [2.45, 2.75) is 32.6 Å². The number of aliphatic hydroxyl groups is 1. The SMILES string of the molecule is CO[C@@H](C)C1(C)CN[C@@H](O)C1. The lowest BCUT2D eigenvalue weighted by Gasteiger charge is -2.28. The second kappa shape index (κ2) is 3.09. The van der Waals surface area contributed by atoms with Gasteiger partial charge in [-0.1, -0.05) is 6.92 Å². The maximum absolute atomic E-state index is 9.24. The number of methoxy groups -OCH3 is 1. The van der Waals surface area contributed by atoms with Gasteiger partial charge in [0, 0.05) is 19.1 Å². The van der Waals surface area contributed by atoms with Gasteiger partial charge in [-0.3, -0.25) is 5.32 Å². The van der Waals surface area contributed by atoms with Gasteiger partial charge in [0.15, 0.2) is 0 Å². The van der Waals surface area contributed by atoms with Crippen molar-refractivity contribution in [2.24, 2.45) is 5.41 Å². The summed E-state index contributed by atoms with van der Waals surface area (Å²) in [5, 5.41) is 12.2. The molecule has 1 unspecified atom stereocenters. The van der Waals surface area contributed by atoms with Crippen LogP contribution < -0.4 is 5.32 Å². The molecule has 0 aromatic rings. The van der Waals surface area contributed by atoms with E-state index in [1.54, 1.807) is 7.11 Å². The van der Waals surface area contributed by atoms with Crippen LogP contribution in [0.5, 0.6) is 0 Å². The summed E-state index contributed by atoms with van der Waals surface area (Å²) in [6, 6.07) is 0. The van der Waals surface area contributed by atoms with Crippen LogP contribution in [0, 0.1) is 5.41 Å². The molecule has 66 valence electrons. The number of ether oxygens (including phenoxy) is 1. The third kappa shape index (κ3) is 1.72. The second-order valence-electron chi connectivity index (χ2n) is 3.63. The Bertz CT molecular complexity index is 140. The van der Waals surface area contributed by atoms with E-state index in [0.717, 1.165) is 13.0 Å². The maximum atomic E-state index is 9.24. The summed E-state index contributed by atoms with van der Waals surface area (Å²) >= 11 is 0. The average molecular weight is 159 g/mol. The zero-order valence-electron chi connectivity index (χ0n) is 7.42. The highest BCUT2D eigenvalue weighted by Crippen LogP contribution is 2.32. The molecule has 1 aliphatic heterocycles. The molecule has 1 fully saturated rings. The molecule has 3 atom stereocenters. The summed E-state index contributed by atoms with van der Waals surface area (Å²) in [5.41, 5.74) is 0.0914. The first-order chi connectivity index (χ1) is 5.08. The lowest BCUT2D eigenvalue weighted by Crippen LogP contribution is -2.33. The van der Waals surface area contributed by atoms with E-state index >= 15 is 0 Å². The van der Waals surface area contributed by atoms with E-state index in [9.17, 15) is 5.11 Å². The molecular formula is C8H17NO2. The smallest absolute Gasteiger partial charge is 0.105 e. The van der Waals surface area contributed by atoms with E-state index in [-0.39, 0.29) is 17.7 Å².